The van der Waals surface area contributed by atoms with Crippen molar-refractivity contribution in [3.63, 3.8) is 0 Å². The molecule has 1 aromatic heterocycles. The summed E-state index contributed by atoms with van der Waals surface area (Å²) in [7, 11) is 0. The lowest BCUT2D eigenvalue weighted by Gasteiger charge is -2.08. The number of aryl methyl sites for hydroxylation is 1. The number of halogens is 2. The summed E-state index contributed by atoms with van der Waals surface area (Å²) < 4.78 is 6.06. The molecular formula is C13H11BrClN3O3. The molecule has 0 fully saturated rings. The SMILES string of the molecule is CCCc1nc(Br)cc(Oc2c(Cl)cccc2[N+](=O)[O-])n1. The Bertz CT molecular complexity index is 682. The molecule has 0 aliphatic rings. The summed E-state index contributed by atoms with van der Waals surface area (Å²) in [6.07, 6.45) is 1.56. The van der Waals surface area contributed by atoms with E-state index in [1.165, 1.54) is 24.3 Å². The third kappa shape index (κ3) is 3.89. The van der Waals surface area contributed by atoms with Gasteiger partial charge >= 0.3 is 5.69 Å². The second kappa shape index (κ2) is 6.82. The first-order chi connectivity index (χ1) is 10.0. The largest absolute Gasteiger partial charge is 0.430 e. The molecule has 6 nitrogen and oxygen atoms in total. The molecule has 0 atom stereocenters. The first kappa shape index (κ1) is 15.7. The normalized spacial score (nSPS) is 10.4. The van der Waals surface area contributed by atoms with Crippen LogP contribution in [0.4, 0.5) is 5.69 Å². The number of benzene rings is 1. The van der Waals surface area contributed by atoms with Crippen molar-refractivity contribution in [3.8, 4) is 11.6 Å². The smallest absolute Gasteiger partial charge is 0.313 e. The molecule has 2 aromatic rings. The van der Waals surface area contributed by atoms with Crippen LogP contribution >= 0.6 is 27.5 Å². The summed E-state index contributed by atoms with van der Waals surface area (Å²) in [6.45, 7) is 2.00. The number of hydrogen-bond acceptors (Lipinski definition) is 5. The number of ether oxygens (including phenoxy) is 1. The van der Waals surface area contributed by atoms with Gasteiger partial charge in [-0.05, 0) is 28.4 Å². The number of nitro benzene ring substituents is 1. The fraction of sp³-hybridized carbons (Fsp3) is 0.231. The molecule has 0 saturated carbocycles. The molecule has 0 saturated heterocycles. The van der Waals surface area contributed by atoms with E-state index in [1.807, 2.05) is 6.92 Å². The third-order valence-electron chi connectivity index (χ3n) is 2.54. The highest BCUT2D eigenvalue weighted by atomic mass is 79.9. The van der Waals surface area contributed by atoms with Gasteiger partial charge in [-0.3, -0.25) is 10.1 Å². The van der Waals surface area contributed by atoms with Crippen LogP contribution in [0.5, 0.6) is 11.6 Å². The van der Waals surface area contributed by atoms with Gasteiger partial charge in [0, 0.05) is 18.6 Å². The molecule has 110 valence electrons. The molecule has 0 radical (unpaired) electrons. The lowest BCUT2D eigenvalue weighted by Crippen LogP contribution is -2.00. The highest BCUT2D eigenvalue weighted by Crippen LogP contribution is 2.37. The number of rotatable bonds is 5. The van der Waals surface area contributed by atoms with Gasteiger partial charge in [-0.2, -0.15) is 4.98 Å². The molecule has 8 heteroatoms. The van der Waals surface area contributed by atoms with Gasteiger partial charge in [0.1, 0.15) is 10.4 Å². The van der Waals surface area contributed by atoms with Crippen LogP contribution in [-0.4, -0.2) is 14.9 Å². The maximum Gasteiger partial charge on any atom is 0.313 e. The summed E-state index contributed by atoms with van der Waals surface area (Å²) in [5.74, 6) is 0.769. The van der Waals surface area contributed by atoms with E-state index in [-0.39, 0.29) is 22.3 Å². The van der Waals surface area contributed by atoms with Gasteiger partial charge in [-0.15, -0.1) is 0 Å². The van der Waals surface area contributed by atoms with Crippen LogP contribution in [0.15, 0.2) is 28.9 Å². The molecule has 0 bridgehead atoms. The van der Waals surface area contributed by atoms with Crippen LogP contribution in [-0.2, 0) is 6.42 Å². The fourth-order valence-electron chi connectivity index (χ4n) is 1.68. The van der Waals surface area contributed by atoms with Crippen molar-refractivity contribution in [3.05, 3.63) is 49.8 Å². The molecule has 0 aliphatic carbocycles. The van der Waals surface area contributed by atoms with Crippen molar-refractivity contribution >= 4 is 33.2 Å². The molecule has 0 unspecified atom stereocenters. The topological polar surface area (TPSA) is 78.2 Å². The summed E-state index contributed by atoms with van der Waals surface area (Å²) >= 11 is 9.24. The zero-order valence-electron chi connectivity index (χ0n) is 11.0. The number of hydrogen-bond donors (Lipinski definition) is 0. The zero-order valence-corrected chi connectivity index (χ0v) is 13.4. The first-order valence-corrected chi connectivity index (χ1v) is 7.32. The Morgan fingerprint density at radius 1 is 1.43 bits per heavy atom. The maximum atomic E-state index is 11.0. The van der Waals surface area contributed by atoms with E-state index in [4.69, 9.17) is 16.3 Å². The van der Waals surface area contributed by atoms with Crippen LogP contribution in [0.2, 0.25) is 5.02 Å². The lowest BCUT2D eigenvalue weighted by molar-refractivity contribution is -0.385. The van der Waals surface area contributed by atoms with Gasteiger partial charge in [-0.1, -0.05) is 24.6 Å². The van der Waals surface area contributed by atoms with Crippen molar-refractivity contribution in [2.45, 2.75) is 19.8 Å². The average Bonchev–Trinajstić information content (AvgIpc) is 2.40. The van der Waals surface area contributed by atoms with E-state index in [0.29, 0.717) is 16.8 Å². The van der Waals surface area contributed by atoms with Crippen LogP contribution in [0, 0.1) is 10.1 Å². The second-order valence-corrected chi connectivity index (χ2v) is 5.36. The Labute approximate surface area is 134 Å². The highest BCUT2D eigenvalue weighted by molar-refractivity contribution is 9.10. The Balaban J connectivity index is 2.40. The van der Waals surface area contributed by atoms with E-state index in [9.17, 15) is 10.1 Å². The Kier molecular flexibility index (Phi) is 5.08. The van der Waals surface area contributed by atoms with E-state index in [2.05, 4.69) is 25.9 Å². The van der Waals surface area contributed by atoms with Crippen molar-refractivity contribution in [1.82, 2.24) is 9.97 Å². The maximum absolute atomic E-state index is 11.0. The van der Waals surface area contributed by atoms with Gasteiger partial charge < -0.3 is 4.74 Å². The van der Waals surface area contributed by atoms with Crippen LogP contribution in [0.3, 0.4) is 0 Å². The minimum absolute atomic E-state index is 0.0304. The van der Waals surface area contributed by atoms with Crippen molar-refractivity contribution in [1.29, 1.82) is 0 Å². The summed E-state index contributed by atoms with van der Waals surface area (Å²) in [6, 6.07) is 5.87. The fourth-order valence-corrected chi connectivity index (χ4v) is 2.29. The van der Waals surface area contributed by atoms with Gasteiger partial charge in [0.25, 0.3) is 0 Å². The Morgan fingerprint density at radius 3 is 2.86 bits per heavy atom. The van der Waals surface area contributed by atoms with E-state index in [0.717, 1.165) is 6.42 Å². The third-order valence-corrected chi connectivity index (χ3v) is 3.24. The standard InChI is InChI=1S/C13H11BrClN3O3/c1-2-4-11-16-10(14)7-12(17-11)21-13-8(15)5-3-6-9(13)18(19)20/h3,5-7H,2,4H2,1H3. The number of para-hydroxylation sites is 1. The number of nitrogens with zero attached hydrogens (tertiary/aromatic N) is 3. The minimum Gasteiger partial charge on any atom is -0.430 e. The van der Waals surface area contributed by atoms with E-state index in [1.54, 1.807) is 0 Å². The summed E-state index contributed by atoms with van der Waals surface area (Å²) in [5, 5.41) is 11.2. The van der Waals surface area contributed by atoms with E-state index < -0.39 is 4.92 Å². The number of nitro groups is 1. The van der Waals surface area contributed by atoms with Crippen molar-refractivity contribution < 1.29 is 9.66 Å². The number of aromatic nitrogens is 2. The monoisotopic (exact) mass is 371 g/mol. The molecule has 0 amide bonds. The van der Waals surface area contributed by atoms with Gasteiger partial charge in [0.15, 0.2) is 0 Å². The van der Waals surface area contributed by atoms with Gasteiger partial charge in [-0.25, -0.2) is 4.98 Å². The van der Waals surface area contributed by atoms with Gasteiger partial charge in [0.05, 0.1) is 9.95 Å². The predicted molar refractivity (Wildman–Crippen MR) is 81.9 cm³/mol. The zero-order chi connectivity index (χ0) is 15.4. The highest BCUT2D eigenvalue weighted by Gasteiger charge is 2.20. The summed E-state index contributed by atoms with van der Waals surface area (Å²) in [4.78, 5) is 18.9. The quantitative estimate of drug-likeness (QED) is 0.437. The van der Waals surface area contributed by atoms with Crippen molar-refractivity contribution in [2.24, 2.45) is 0 Å². The van der Waals surface area contributed by atoms with Crippen LogP contribution < -0.4 is 4.74 Å². The molecule has 0 N–H and O–H groups in total. The second-order valence-electron chi connectivity index (χ2n) is 4.14. The van der Waals surface area contributed by atoms with Crippen molar-refractivity contribution in [2.75, 3.05) is 0 Å². The van der Waals surface area contributed by atoms with Crippen LogP contribution in [0.1, 0.15) is 19.2 Å². The molecular weight excluding hydrogens is 362 g/mol. The summed E-state index contributed by atoms with van der Waals surface area (Å²) in [5.41, 5.74) is -0.214. The molecule has 1 aromatic carbocycles. The lowest BCUT2D eigenvalue weighted by atomic mass is 10.3. The average molecular weight is 373 g/mol. The van der Waals surface area contributed by atoms with E-state index >= 15 is 0 Å². The van der Waals surface area contributed by atoms with Gasteiger partial charge in [0.2, 0.25) is 11.6 Å². The molecule has 0 aliphatic heterocycles. The molecule has 2 rings (SSSR count). The molecule has 1 heterocycles. The molecule has 0 spiro atoms. The minimum atomic E-state index is -0.551. The first-order valence-electron chi connectivity index (χ1n) is 6.15. The Morgan fingerprint density at radius 2 is 2.19 bits per heavy atom. The predicted octanol–water partition coefficient (Wildman–Crippen LogP) is 4.55. The molecule has 21 heavy (non-hydrogen) atoms. The van der Waals surface area contributed by atoms with Crippen LogP contribution in [0.25, 0.3) is 0 Å². The Hall–Kier alpha value is -1.73.